The van der Waals surface area contributed by atoms with E-state index < -0.39 is 30.2 Å². The van der Waals surface area contributed by atoms with Crippen LogP contribution in [0.4, 0.5) is 4.79 Å². The van der Waals surface area contributed by atoms with E-state index in [0.717, 1.165) is 4.90 Å². The van der Waals surface area contributed by atoms with E-state index in [0.29, 0.717) is 32.4 Å². The highest BCUT2D eigenvalue weighted by Crippen LogP contribution is 2.16. The first-order valence-corrected chi connectivity index (χ1v) is 6.41. The van der Waals surface area contributed by atoms with Crippen molar-refractivity contribution in [2.75, 3.05) is 13.2 Å². The zero-order valence-electron chi connectivity index (χ0n) is 11.6. The number of likely N-dealkylation sites (tertiary alicyclic amines) is 1. The molecule has 1 aliphatic heterocycles. The van der Waals surface area contributed by atoms with Crippen LogP contribution in [0.25, 0.3) is 0 Å². The molecule has 0 radical (unpaired) electrons. The summed E-state index contributed by atoms with van der Waals surface area (Å²) in [7, 11) is 0. The molecule has 116 valence electrons. The number of carboxylic acids is 2. The lowest BCUT2D eigenvalue weighted by Crippen LogP contribution is -2.39. The SMILES string of the molecule is CCOC(CC)C(=O)O.O=C(O)C1CCCN1C(=O)O. The Morgan fingerprint density at radius 3 is 2.10 bits per heavy atom. The molecule has 2 unspecified atom stereocenters. The Morgan fingerprint density at radius 1 is 1.25 bits per heavy atom. The first-order valence-electron chi connectivity index (χ1n) is 6.41. The molecule has 0 aromatic carbocycles. The molecule has 1 rings (SSSR count). The molecular formula is C12H21NO7. The molecule has 0 spiro atoms. The Morgan fingerprint density at radius 2 is 1.85 bits per heavy atom. The van der Waals surface area contributed by atoms with Crippen molar-refractivity contribution in [3.05, 3.63) is 0 Å². The third kappa shape index (κ3) is 5.87. The number of ether oxygens (including phenoxy) is 1. The first-order chi connectivity index (χ1) is 9.34. The minimum atomic E-state index is -1.14. The summed E-state index contributed by atoms with van der Waals surface area (Å²) >= 11 is 0. The van der Waals surface area contributed by atoms with Gasteiger partial charge >= 0.3 is 18.0 Å². The summed E-state index contributed by atoms with van der Waals surface area (Å²) in [4.78, 5) is 31.9. The van der Waals surface area contributed by atoms with Crippen molar-refractivity contribution in [1.29, 1.82) is 0 Å². The molecule has 1 fully saturated rings. The first kappa shape index (κ1) is 18.2. The predicted octanol–water partition coefficient (Wildman–Crippen LogP) is 1.10. The van der Waals surface area contributed by atoms with E-state index in [4.69, 9.17) is 20.1 Å². The van der Waals surface area contributed by atoms with Crippen LogP contribution >= 0.6 is 0 Å². The van der Waals surface area contributed by atoms with Gasteiger partial charge in [0.1, 0.15) is 6.04 Å². The summed E-state index contributed by atoms with van der Waals surface area (Å²) in [6.07, 6.45) is -0.154. The van der Waals surface area contributed by atoms with Gasteiger partial charge in [0, 0.05) is 13.2 Å². The van der Waals surface area contributed by atoms with Gasteiger partial charge in [0.2, 0.25) is 0 Å². The van der Waals surface area contributed by atoms with Crippen molar-refractivity contribution in [2.45, 2.75) is 45.3 Å². The topological polar surface area (TPSA) is 124 Å². The van der Waals surface area contributed by atoms with Crippen molar-refractivity contribution in [1.82, 2.24) is 4.90 Å². The van der Waals surface area contributed by atoms with E-state index >= 15 is 0 Å². The van der Waals surface area contributed by atoms with Crippen LogP contribution in [0.2, 0.25) is 0 Å². The lowest BCUT2D eigenvalue weighted by atomic mass is 10.2. The number of carbonyl (C=O) groups is 3. The maximum atomic E-state index is 10.4. The van der Waals surface area contributed by atoms with Gasteiger partial charge in [-0.15, -0.1) is 0 Å². The lowest BCUT2D eigenvalue weighted by Gasteiger charge is -2.16. The van der Waals surface area contributed by atoms with Gasteiger partial charge in [-0.2, -0.15) is 0 Å². The quantitative estimate of drug-likeness (QED) is 0.692. The third-order valence-electron chi connectivity index (χ3n) is 2.80. The number of nitrogens with zero attached hydrogens (tertiary/aromatic N) is 1. The number of hydrogen-bond acceptors (Lipinski definition) is 4. The van der Waals surface area contributed by atoms with Gasteiger partial charge < -0.3 is 20.1 Å². The molecule has 8 nitrogen and oxygen atoms in total. The van der Waals surface area contributed by atoms with Gasteiger partial charge in [0.05, 0.1) is 0 Å². The predicted molar refractivity (Wildman–Crippen MR) is 68.7 cm³/mol. The third-order valence-corrected chi connectivity index (χ3v) is 2.80. The molecule has 2 atom stereocenters. The molecule has 1 saturated heterocycles. The van der Waals surface area contributed by atoms with Crippen LogP contribution in [-0.4, -0.2) is 63.5 Å². The average molecular weight is 291 g/mol. The van der Waals surface area contributed by atoms with Crippen molar-refractivity contribution in [3.63, 3.8) is 0 Å². The number of carboxylic acid groups (broad SMARTS) is 3. The highest BCUT2D eigenvalue weighted by atomic mass is 16.5. The van der Waals surface area contributed by atoms with Gasteiger partial charge in [-0.25, -0.2) is 14.4 Å². The summed E-state index contributed by atoms with van der Waals surface area (Å²) in [6.45, 7) is 4.37. The fourth-order valence-electron chi connectivity index (χ4n) is 1.82. The second-order valence-corrected chi connectivity index (χ2v) is 4.16. The summed E-state index contributed by atoms with van der Waals surface area (Å²) < 4.78 is 4.85. The van der Waals surface area contributed by atoms with Crippen LogP contribution in [0, 0.1) is 0 Å². The van der Waals surface area contributed by atoms with Crippen LogP contribution in [0.5, 0.6) is 0 Å². The summed E-state index contributed by atoms with van der Waals surface area (Å²) in [6, 6.07) is -0.826. The number of hydrogen-bond donors (Lipinski definition) is 3. The smallest absolute Gasteiger partial charge is 0.408 e. The van der Waals surface area contributed by atoms with Gasteiger partial charge in [-0.05, 0) is 26.2 Å². The normalized spacial score (nSPS) is 18.9. The summed E-state index contributed by atoms with van der Waals surface area (Å²) in [5.41, 5.74) is 0. The average Bonchev–Trinajstić information content (AvgIpc) is 2.85. The molecule has 0 bridgehead atoms. The molecule has 8 heteroatoms. The Balaban J connectivity index is 0.000000370. The molecule has 1 amide bonds. The fourth-order valence-corrected chi connectivity index (χ4v) is 1.82. The molecular weight excluding hydrogens is 270 g/mol. The molecule has 0 aromatic rings. The van der Waals surface area contributed by atoms with Crippen molar-refractivity contribution >= 4 is 18.0 Å². The minimum absolute atomic E-state index is 0.340. The van der Waals surface area contributed by atoms with Crippen LogP contribution in [-0.2, 0) is 14.3 Å². The standard InChI is InChI=1S/C6H9NO4.C6H12O3/c8-5(9)4-2-1-3-7(4)6(10)11;1-3-5(6(7)8)9-4-2/h4H,1-3H2,(H,8,9)(H,10,11);5H,3-4H2,1-2H3,(H,7,8). The number of amides is 1. The fraction of sp³-hybridized carbons (Fsp3) is 0.750. The minimum Gasteiger partial charge on any atom is -0.480 e. The zero-order chi connectivity index (χ0) is 15.7. The van der Waals surface area contributed by atoms with Crippen LogP contribution in [0.1, 0.15) is 33.1 Å². The van der Waals surface area contributed by atoms with Crippen LogP contribution in [0.15, 0.2) is 0 Å². The number of rotatable bonds is 5. The monoisotopic (exact) mass is 291 g/mol. The Labute approximate surface area is 116 Å². The van der Waals surface area contributed by atoms with E-state index in [1.807, 2.05) is 0 Å². The lowest BCUT2D eigenvalue weighted by molar-refractivity contribution is -0.150. The largest absolute Gasteiger partial charge is 0.480 e. The van der Waals surface area contributed by atoms with E-state index in [1.165, 1.54) is 0 Å². The molecule has 20 heavy (non-hydrogen) atoms. The van der Waals surface area contributed by atoms with Gasteiger partial charge in [-0.3, -0.25) is 4.90 Å². The van der Waals surface area contributed by atoms with Gasteiger partial charge in [0.25, 0.3) is 0 Å². The Kier molecular flexibility index (Phi) is 8.30. The molecule has 1 aliphatic rings. The maximum absolute atomic E-state index is 10.4. The van der Waals surface area contributed by atoms with E-state index in [-0.39, 0.29) is 0 Å². The van der Waals surface area contributed by atoms with E-state index in [9.17, 15) is 14.4 Å². The molecule has 0 aromatic heterocycles. The Bertz CT molecular complexity index is 325. The number of aliphatic carboxylic acids is 2. The van der Waals surface area contributed by atoms with E-state index in [2.05, 4.69) is 0 Å². The van der Waals surface area contributed by atoms with E-state index in [1.54, 1.807) is 13.8 Å². The van der Waals surface area contributed by atoms with Gasteiger partial charge in [0.15, 0.2) is 6.10 Å². The highest BCUT2D eigenvalue weighted by Gasteiger charge is 2.33. The van der Waals surface area contributed by atoms with Crippen molar-refractivity contribution in [2.24, 2.45) is 0 Å². The Hall–Kier alpha value is -1.83. The van der Waals surface area contributed by atoms with Crippen molar-refractivity contribution in [3.8, 4) is 0 Å². The molecule has 0 saturated carbocycles. The van der Waals surface area contributed by atoms with Gasteiger partial charge in [-0.1, -0.05) is 6.92 Å². The summed E-state index contributed by atoms with van der Waals surface area (Å²) in [5, 5.41) is 25.4. The molecule has 1 heterocycles. The highest BCUT2D eigenvalue weighted by molar-refractivity contribution is 5.79. The molecule has 3 N–H and O–H groups in total. The van der Waals surface area contributed by atoms with Crippen molar-refractivity contribution < 1.29 is 34.4 Å². The summed E-state index contributed by atoms with van der Waals surface area (Å²) in [5.74, 6) is -1.93. The second-order valence-electron chi connectivity index (χ2n) is 4.16. The van der Waals surface area contributed by atoms with Crippen LogP contribution in [0.3, 0.4) is 0 Å². The zero-order valence-corrected chi connectivity index (χ0v) is 11.6. The molecule has 0 aliphatic carbocycles. The van der Waals surface area contributed by atoms with Crippen LogP contribution < -0.4 is 0 Å². The maximum Gasteiger partial charge on any atom is 0.408 e. The second kappa shape index (κ2) is 9.13.